The molecular formula is C23H20N6. The smallest absolute Gasteiger partial charge is 0.163 e. The number of para-hydroxylation sites is 1. The second kappa shape index (κ2) is 7.31. The van der Waals surface area contributed by atoms with Gasteiger partial charge in [0, 0.05) is 48.5 Å². The Labute approximate surface area is 168 Å². The largest absolute Gasteiger partial charge is 0.369 e. The maximum atomic E-state index is 4.88. The van der Waals surface area contributed by atoms with E-state index in [4.69, 9.17) is 9.97 Å². The minimum absolute atomic E-state index is 0.709. The minimum atomic E-state index is 0.709. The van der Waals surface area contributed by atoms with Crippen molar-refractivity contribution in [1.82, 2.24) is 24.3 Å². The first kappa shape index (κ1) is 17.3. The third-order valence-electron chi connectivity index (χ3n) is 5.01. The Hall–Kier alpha value is -3.80. The lowest BCUT2D eigenvalue weighted by Crippen LogP contribution is -2.08. The number of hydrogen-bond donors (Lipinski definition) is 1. The summed E-state index contributed by atoms with van der Waals surface area (Å²) in [6, 6.07) is 14.2. The van der Waals surface area contributed by atoms with Crippen LogP contribution in [-0.4, -0.2) is 30.9 Å². The van der Waals surface area contributed by atoms with Gasteiger partial charge in [0.25, 0.3) is 0 Å². The zero-order valence-corrected chi connectivity index (χ0v) is 16.1. The number of aryl methyl sites for hydroxylation is 1. The number of hydrogen-bond acceptors (Lipinski definition) is 5. The van der Waals surface area contributed by atoms with E-state index in [0.717, 1.165) is 46.5 Å². The van der Waals surface area contributed by atoms with Crippen LogP contribution in [0.5, 0.6) is 0 Å². The summed E-state index contributed by atoms with van der Waals surface area (Å²) in [4.78, 5) is 18.3. The molecule has 4 aromatic heterocycles. The molecule has 0 saturated heterocycles. The van der Waals surface area contributed by atoms with Crippen LogP contribution in [0.2, 0.25) is 0 Å². The van der Waals surface area contributed by atoms with Crippen molar-refractivity contribution in [2.24, 2.45) is 0 Å². The summed E-state index contributed by atoms with van der Waals surface area (Å²) in [6.07, 6.45) is 10.3. The van der Waals surface area contributed by atoms with Gasteiger partial charge in [0.15, 0.2) is 5.82 Å². The van der Waals surface area contributed by atoms with Crippen molar-refractivity contribution in [3.05, 3.63) is 84.6 Å². The second-order valence-corrected chi connectivity index (χ2v) is 7.01. The molecule has 6 heteroatoms. The number of fused-ring (bicyclic) bond motifs is 2. The van der Waals surface area contributed by atoms with Gasteiger partial charge in [0.1, 0.15) is 11.5 Å². The van der Waals surface area contributed by atoms with E-state index in [0.29, 0.717) is 5.82 Å². The zero-order chi connectivity index (χ0) is 19.6. The van der Waals surface area contributed by atoms with E-state index in [2.05, 4.69) is 40.4 Å². The standard InChI is InChI=1S/C23H20N6/c1-16-13-21-25-11-12-29(21)15-19(16)23-27-20-7-3-2-6-18(20)22(28-23)26-10-8-17-5-4-9-24-14-17/h2-7,9,11-15H,8,10H2,1H3,(H,26,27,28). The van der Waals surface area contributed by atoms with Crippen LogP contribution in [0.4, 0.5) is 5.82 Å². The highest BCUT2D eigenvalue weighted by atomic mass is 15.0. The molecule has 4 heterocycles. The number of aromatic nitrogens is 5. The second-order valence-electron chi connectivity index (χ2n) is 7.01. The lowest BCUT2D eigenvalue weighted by atomic mass is 10.1. The Bertz CT molecular complexity index is 1290. The van der Waals surface area contributed by atoms with E-state index < -0.39 is 0 Å². The first-order valence-electron chi connectivity index (χ1n) is 9.61. The molecule has 0 fully saturated rings. The van der Waals surface area contributed by atoms with Crippen LogP contribution >= 0.6 is 0 Å². The van der Waals surface area contributed by atoms with E-state index in [-0.39, 0.29) is 0 Å². The van der Waals surface area contributed by atoms with Crippen molar-refractivity contribution in [2.45, 2.75) is 13.3 Å². The molecule has 6 nitrogen and oxygen atoms in total. The van der Waals surface area contributed by atoms with Gasteiger partial charge in [0.05, 0.1) is 5.52 Å². The summed E-state index contributed by atoms with van der Waals surface area (Å²) in [5, 5.41) is 4.52. The van der Waals surface area contributed by atoms with Gasteiger partial charge >= 0.3 is 0 Å². The van der Waals surface area contributed by atoms with Gasteiger partial charge in [-0.25, -0.2) is 15.0 Å². The summed E-state index contributed by atoms with van der Waals surface area (Å²) < 4.78 is 2.00. The van der Waals surface area contributed by atoms with Gasteiger partial charge in [-0.05, 0) is 48.7 Å². The third kappa shape index (κ3) is 3.40. The molecule has 0 atom stereocenters. The lowest BCUT2D eigenvalue weighted by molar-refractivity contribution is 0.994. The average Bonchev–Trinajstić information content (AvgIpc) is 3.21. The Kier molecular flexibility index (Phi) is 4.37. The summed E-state index contributed by atoms with van der Waals surface area (Å²) in [6.45, 7) is 2.84. The SMILES string of the molecule is Cc1cc2nccn2cc1-c1nc(NCCc2cccnc2)c2ccccc2n1. The van der Waals surface area contributed by atoms with Crippen molar-refractivity contribution in [3.63, 3.8) is 0 Å². The maximum absolute atomic E-state index is 4.88. The fraction of sp³-hybridized carbons (Fsp3) is 0.130. The molecule has 0 saturated carbocycles. The summed E-state index contributed by atoms with van der Waals surface area (Å²) in [5.41, 5.74) is 5.13. The van der Waals surface area contributed by atoms with Gasteiger partial charge in [0.2, 0.25) is 0 Å². The first-order valence-corrected chi connectivity index (χ1v) is 9.61. The Balaban J connectivity index is 1.53. The number of imidazole rings is 1. The van der Waals surface area contributed by atoms with Crippen LogP contribution in [0.25, 0.3) is 27.9 Å². The number of benzene rings is 1. The summed E-state index contributed by atoms with van der Waals surface area (Å²) >= 11 is 0. The van der Waals surface area contributed by atoms with Crippen LogP contribution in [-0.2, 0) is 6.42 Å². The van der Waals surface area contributed by atoms with E-state index in [1.54, 1.807) is 12.4 Å². The monoisotopic (exact) mass is 380 g/mol. The Morgan fingerprint density at radius 1 is 1.03 bits per heavy atom. The zero-order valence-electron chi connectivity index (χ0n) is 16.1. The number of rotatable bonds is 5. The molecular weight excluding hydrogens is 360 g/mol. The molecule has 0 bridgehead atoms. The molecule has 1 aromatic carbocycles. The number of anilines is 1. The molecule has 0 aliphatic heterocycles. The summed E-state index contributed by atoms with van der Waals surface area (Å²) in [5.74, 6) is 1.56. The van der Waals surface area contributed by atoms with E-state index in [9.17, 15) is 0 Å². The fourth-order valence-electron chi connectivity index (χ4n) is 3.49. The molecule has 29 heavy (non-hydrogen) atoms. The van der Waals surface area contributed by atoms with Crippen molar-refractivity contribution < 1.29 is 0 Å². The van der Waals surface area contributed by atoms with E-state index in [1.807, 2.05) is 47.3 Å². The molecule has 142 valence electrons. The molecule has 5 rings (SSSR count). The molecule has 0 radical (unpaired) electrons. The predicted octanol–water partition coefficient (Wildman–Crippen LogP) is 4.30. The highest BCUT2D eigenvalue weighted by Gasteiger charge is 2.12. The molecule has 0 amide bonds. The molecule has 0 unspecified atom stereocenters. The average molecular weight is 380 g/mol. The lowest BCUT2D eigenvalue weighted by Gasteiger charge is -2.12. The Morgan fingerprint density at radius 3 is 2.86 bits per heavy atom. The molecule has 0 aliphatic carbocycles. The quantitative estimate of drug-likeness (QED) is 0.492. The number of nitrogens with one attached hydrogen (secondary N) is 1. The summed E-state index contributed by atoms with van der Waals surface area (Å²) in [7, 11) is 0. The van der Waals surface area contributed by atoms with Crippen LogP contribution in [0, 0.1) is 6.92 Å². The molecule has 0 aliphatic rings. The van der Waals surface area contributed by atoms with Crippen molar-refractivity contribution in [1.29, 1.82) is 0 Å². The maximum Gasteiger partial charge on any atom is 0.163 e. The topological polar surface area (TPSA) is 68.0 Å². The predicted molar refractivity (Wildman–Crippen MR) is 115 cm³/mol. The highest BCUT2D eigenvalue weighted by molar-refractivity contribution is 5.90. The van der Waals surface area contributed by atoms with Gasteiger partial charge in [-0.1, -0.05) is 18.2 Å². The van der Waals surface area contributed by atoms with Crippen molar-refractivity contribution >= 4 is 22.4 Å². The molecule has 1 N–H and O–H groups in total. The van der Waals surface area contributed by atoms with Crippen LogP contribution in [0.1, 0.15) is 11.1 Å². The van der Waals surface area contributed by atoms with Gasteiger partial charge in [-0.3, -0.25) is 4.98 Å². The van der Waals surface area contributed by atoms with E-state index in [1.165, 1.54) is 5.56 Å². The molecule has 0 spiro atoms. The van der Waals surface area contributed by atoms with Gasteiger partial charge < -0.3 is 9.72 Å². The minimum Gasteiger partial charge on any atom is -0.369 e. The van der Waals surface area contributed by atoms with Crippen molar-refractivity contribution in [2.75, 3.05) is 11.9 Å². The van der Waals surface area contributed by atoms with Crippen LogP contribution in [0.15, 0.2) is 73.4 Å². The van der Waals surface area contributed by atoms with Gasteiger partial charge in [-0.2, -0.15) is 0 Å². The Morgan fingerprint density at radius 2 is 1.97 bits per heavy atom. The molecule has 5 aromatic rings. The van der Waals surface area contributed by atoms with Crippen LogP contribution < -0.4 is 5.32 Å². The first-order chi connectivity index (χ1) is 14.3. The third-order valence-corrected chi connectivity index (χ3v) is 5.01. The number of nitrogens with zero attached hydrogens (tertiary/aromatic N) is 5. The van der Waals surface area contributed by atoms with Crippen LogP contribution in [0.3, 0.4) is 0 Å². The van der Waals surface area contributed by atoms with Crippen molar-refractivity contribution in [3.8, 4) is 11.4 Å². The fourth-order valence-corrected chi connectivity index (χ4v) is 3.49. The van der Waals surface area contributed by atoms with E-state index >= 15 is 0 Å². The number of pyridine rings is 2. The normalized spacial score (nSPS) is 11.2. The van der Waals surface area contributed by atoms with Gasteiger partial charge in [-0.15, -0.1) is 0 Å². The highest BCUT2D eigenvalue weighted by Crippen LogP contribution is 2.27.